The second-order valence-corrected chi connectivity index (χ2v) is 5.20. The quantitative estimate of drug-likeness (QED) is 0.929. The van der Waals surface area contributed by atoms with Crippen molar-refractivity contribution in [2.45, 2.75) is 18.9 Å². The van der Waals surface area contributed by atoms with Gasteiger partial charge in [-0.15, -0.1) is 0 Å². The van der Waals surface area contributed by atoms with Crippen molar-refractivity contribution in [1.29, 1.82) is 0 Å². The van der Waals surface area contributed by atoms with E-state index in [4.69, 9.17) is 9.47 Å². The summed E-state index contributed by atoms with van der Waals surface area (Å²) in [5.74, 6) is 1.08. The highest BCUT2D eigenvalue weighted by atomic mass is 79.9. The van der Waals surface area contributed by atoms with Crippen molar-refractivity contribution in [2.75, 3.05) is 19.8 Å². The lowest BCUT2D eigenvalue weighted by atomic mass is 9.94. The van der Waals surface area contributed by atoms with Gasteiger partial charge in [-0.2, -0.15) is 0 Å². The highest BCUT2D eigenvalue weighted by Crippen LogP contribution is 2.21. The summed E-state index contributed by atoms with van der Waals surface area (Å²) < 4.78 is 11.8. The van der Waals surface area contributed by atoms with Crippen molar-refractivity contribution in [3.63, 3.8) is 0 Å². The predicted molar refractivity (Wildman–Crippen MR) is 69.2 cm³/mol. The largest absolute Gasteiger partial charge is 0.491 e. The van der Waals surface area contributed by atoms with Gasteiger partial charge in [-0.25, -0.2) is 0 Å². The Morgan fingerprint density at radius 1 is 1.41 bits per heavy atom. The molecule has 2 rings (SSSR count). The van der Waals surface area contributed by atoms with Crippen LogP contribution >= 0.6 is 15.9 Å². The lowest BCUT2D eigenvalue weighted by Crippen LogP contribution is -2.31. The van der Waals surface area contributed by atoms with Crippen LogP contribution in [0, 0.1) is 5.92 Å². The van der Waals surface area contributed by atoms with Crippen LogP contribution in [0.25, 0.3) is 0 Å². The highest BCUT2D eigenvalue weighted by Gasteiger charge is 2.22. The maximum absolute atomic E-state index is 10.0. The number of aliphatic hydroxyl groups is 1. The van der Waals surface area contributed by atoms with Gasteiger partial charge in [-0.05, 0) is 37.0 Å². The molecule has 0 bridgehead atoms. The molecule has 4 heteroatoms. The Balaban J connectivity index is 1.80. The fraction of sp³-hybridized carbons (Fsp3) is 0.538. The van der Waals surface area contributed by atoms with Gasteiger partial charge < -0.3 is 14.6 Å². The Hall–Kier alpha value is -0.580. The molecule has 1 fully saturated rings. The summed E-state index contributed by atoms with van der Waals surface area (Å²) in [4.78, 5) is 0. The summed E-state index contributed by atoms with van der Waals surface area (Å²) in [6.45, 7) is 1.85. The fourth-order valence-corrected chi connectivity index (χ4v) is 2.35. The van der Waals surface area contributed by atoms with E-state index in [2.05, 4.69) is 15.9 Å². The number of hydrogen-bond donors (Lipinski definition) is 1. The number of hydrogen-bond acceptors (Lipinski definition) is 3. The zero-order chi connectivity index (χ0) is 12.1. The Kier molecular flexibility index (Phi) is 4.83. The molecule has 1 unspecified atom stereocenters. The van der Waals surface area contributed by atoms with E-state index >= 15 is 0 Å². The smallest absolute Gasteiger partial charge is 0.120 e. The van der Waals surface area contributed by atoms with E-state index in [-0.39, 0.29) is 0 Å². The van der Waals surface area contributed by atoms with Crippen LogP contribution in [-0.2, 0) is 4.74 Å². The van der Waals surface area contributed by atoms with Crippen molar-refractivity contribution in [1.82, 2.24) is 0 Å². The molecule has 1 aromatic carbocycles. The van der Waals surface area contributed by atoms with E-state index in [0.717, 1.165) is 36.3 Å². The topological polar surface area (TPSA) is 38.7 Å². The Morgan fingerprint density at radius 3 is 2.88 bits per heavy atom. The second-order valence-electron chi connectivity index (χ2n) is 4.29. The number of halogens is 1. The number of benzene rings is 1. The SMILES string of the molecule is OC(COc1cccc(Br)c1)C1CCOCC1. The Labute approximate surface area is 110 Å². The minimum Gasteiger partial charge on any atom is -0.491 e. The molecule has 1 saturated heterocycles. The average Bonchev–Trinajstić information content (AvgIpc) is 2.37. The molecule has 1 atom stereocenters. The zero-order valence-corrected chi connectivity index (χ0v) is 11.2. The number of rotatable bonds is 4. The normalized spacial score (nSPS) is 18.9. The maximum Gasteiger partial charge on any atom is 0.120 e. The van der Waals surface area contributed by atoms with Crippen LogP contribution in [0.2, 0.25) is 0 Å². The molecule has 0 radical (unpaired) electrons. The molecular weight excluding hydrogens is 284 g/mol. The van der Waals surface area contributed by atoms with E-state index in [1.165, 1.54) is 0 Å². The molecule has 17 heavy (non-hydrogen) atoms. The van der Waals surface area contributed by atoms with Gasteiger partial charge in [0.1, 0.15) is 12.4 Å². The molecule has 0 aliphatic carbocycles. The molecule has 0 aromatic heterocycles. The van der Waals surface area contributed by atoms with Crippen molar-refractivity contribution < 1.29 is 14.6 Å². The fourth-order valence-electron chi connectivity index (χ4n) is 1.98. The van der Waals surface area contributed by atoms with Gasteiger partial charge >= 0.3 is 0 Å². The monoisotopic (exact) mass is 300 g/mol. The average molecular weight is 301 g/mol. The number of ether oxygens (including phenoxy) is 2. The molecule has 0 amide bonds. The first-order chi connectivity index (χ1) is 8.25. The molecule has 1 aromatic rings. The van der Waals surface area contributed by atoms with Gasteiger partial charge in [-0.3, -0.25) is 0 Å². The minimum absolute atomic E-state index is 0.302. The molecule has 94 valence electrons. The van der Waals surface area contributed by atoms with Gasteiger partial charge in [0, 0.05) is 17.7 Å². The first-order valence-corrected chi connectivity index (χ1v) is 6.69. The van der Waals surface area contributed by atoms with Crippen LogP contribution in [-0.4, -0.2) is 31.0 Å². The summed E-state index contributed by atoms with van der Waals surface area (Å²) in [6.07, 6.45) is 1.43. The maximum atomic E-state index is 10.0. The molecule has 1 aliphatic rings. The van der Waals surface area contributed by atoms with Gasteiger partial charge in [-0.1, -0.05) is 22.0 Å². The van der Waals surface area contributed by atoms with Crippen LogP contribution < -0.4 is 4.74 Å². The third kappa shape index (κ3) is 3.98. The highest BCUT2D eigenvalue weighted by molar-refractivity contribution is 9.10. The molecule has 3 nitrogen and oxygen atoms in total. The lowest BCUT2D eigenvalue weighted by molar-refractivity contribution is -0.0101. The summed E-state index contributed by atoms with van der Waals surface area (Å²) in [7, 11) is 0. The Morgan fingerprint density at radius 2 is 2.18 bits per heavy atom. The van der Waals surface area contributed by atoms with E-state index in [9.17, 15) is 5.11 Å². The first-order valence-electron chi connectivity index (χ1n) is 5.90. The van der Waals surface area contributed by atoms with Crippen LogP contribution in [0.15, 0.2) is 28.7 Å². The van der Waals surface area contributed by atoms with Crippen molar-refractivity contribution >= 4 is 15.9 Å². The molecular formula is C13H17BrO3. The van der Waals surface area contributed by atoms with E-state index in [1.54, 1.807) is 0 Å². The zero-order valence-electron chi connectivity index (χ0n) is 9.64. The second kappa shape index (κ2) is 6.38. The van der Waals surface area contributed by atoms with E-state index < -0.39 is 6.10 Å². The molecule has 0 spiro atoms. The molecule has 1 heterocycles. The van der Waals surface area contributed by atoms with Gasteiger partial charge in [0.2, 0.25) is 0 Å². The van der Waals surface area contributed by atoms with Crippen molar-refractivity contribution in [2.24, 2.45) is 5.92 Å². The van der Waals surface area contributed by atoms with Crippen molar-refractivity contribution in [3.05, 3.63) is 28.7 Å². The summed E-state index contributed by atoms with van der Waals surface area (Å²) in [5.41, 5.74) is 0. The van der Waals surface area contributed by atoms with Crippen LogP contribution in [0.3, 0.4) is 0 Å². The van der Waals surface area contributed by atoms with Gasteiger partial charge in [0.25, 0.3) is 0 Å². The van der Waals surface area contributed by atoms with Gasteiger partial charge in [0.15, 0.2) is 0 Å². The van der Waals surface area contributed by atoms with Crippen LogP contribution in [0.4, 0.5) is 0 Å². The van der Waals surface area contributed by atoms with E-state index in [0.29, 0.717) is 12.5 Å². The third-order valence-corrected chi connectivity index (χ3v) is 3.52. The summed E-state index contributed by atoms with van der Waals surface area (Å²) in [5, 5.41) is 10.0. The standard InChI is InChI=1S/C13H17BrO3/c14-11-2-1-3-12(8-11)17-9-13(15)10-4-6-16-7-5-10/h1-3,8,10,13,15H,4-7,9H2. The Bertz CT molecular complexity index is 350. The molecule has 0 saturated carbocycles. The molecule has 1 N–H and O–H groups in total. The predicted octanol–water partition coefficient (Wildman–Crippen LogP) is 2.62. The first kappa shape index (κ1) is 12.9. The summed E-state index contributed by atoms with van der Waals surface area (Å²) in [6, 6.07) is 7.65. The summed E-state index contributed by atoms with van der Waals surface area (Å²) >= 11 is 3.39. The lowest BCUT2D eigenvalue weighted by Gasteiger charge is -2.26. The number of aliphatic hydroxyl groups excluding tert-OH is 1. The molecule has 1 aliphatic heterocycles. The van der Waals surface area contributed by atoms with Gasteiger partial charge in [0.05, 0.1) is 6.10 Å². The van der Waals surface area contributed by atoms with Crippen molar-refractivity contribution in [3.8, 4) is 5.75 Å². The third-order valence-electron chi connectivity index (χ3n) is 3.03. The minimum atomic E-state index is -0.405. The van der Waals surface area contributed by atoms with Crippen LogP contribution in [0.5, 0.6) is 5.75 Å². The van der Waals surface area contributed by atoms with Crippen LogP contribution in [0.1, 0.15) is 12.8 Å². The van der Waals surface area contributed by atoms with E-state index in [1.807, 2.05) is 24.3 Å².